The van der Waals surface area contributed by atoms with Crippen molar-refractivity contribution in [2.75, 3.05) is 0 Å². The third-order valence-corrected chi connectivity index (χ3v) is 6.32. The maximum Gasteiger partial charge on any atom is 0.0503 e. The molecule has 0 radical (unpaired) electrons. The summed E-state index contributed by atoms with van der Waals surface area (Å²) < 4.78 is 5.14. The van der Waals surface area contributed by atoms with Gasteiger partial charge in [-0.05, 0) is 36.2 Å². The number of hydrogen-bond acceptors (Lipinski definition) is 1. The molecule has 2 aromatic heterocycles. The minimum Gasteiger partial charge on any atom is -0.344 e. The van der Waals surface area contributed by atoms with Crippen LogP contribution >= 0.6 is 11.3 Å². The van der Waals surface area contributed by atoms with Gasteiger partial charge in [-0.1, -0.05) is 43.7 Å². The minimum atomic E-state index is 1.15. The molecule has 2 heteroatoms. The highest BCUT2D eigenvalue weighted by Gasteiger charge is 2.15. The monoisotopic (exact) mass is 329 g/mol. The van der Waals surface area contributed by atoms with Gasteiger partial charge < -0.3 is 4.57 Å². The lowest BCUT2D eigenvalue weighted by Crippen LogP contribution is -1.87. The van der Waals surface area contributed by atoms with Gasteiger partial charge in [-0.3, -0.25) is 0 Å². The van der Waals surface area contributed by atoms with Gasteiger partial charge in [0.1, 0.15) is 0 Å². The zero-order chi connectivity index (χ0) is 16.3. The van der Waals surface area contributed by atoms with Gasteiger partial charge in [-0.2, -0.15) is 0 Å². The summed E-state index contributed by atoms with van der Waals surface area (Å²) in [5, 5.41) is 5.58. The Morgan fingerprint density at radius 1 is 0.875 bits per heavy atom. The predicted octanol–water partition coefficient (Wildman–Crippen LogP) is 6.65. The van der Waals surface area contributed by atoms with Gasteiger partial charge in [0.2, 0.25) is 0 Å². The SMILES string of the molecule is CCCc1ccc2c(c1)c1c3sc4ccccc4c3ccc1n2C. The van der Waals surface area contributed by atoms with Crippen LogP contribution < -0.4 is 0 Å². The van der Waals surface area contributed by atoms with Crippen LogP contribution in [0.3, 0.4) is 0 Å². The molecule has 0 aliphatic carbocycles. The van der Waals surface area contributed by atoms with E-state index >= 15 is 0 Å². The number of nitrogens with zero attached hydrogens (tertiary/aromatic N) is 1. The van der Waals surface area contributed by atoms with E-state index in [4.69, 9.17) is 0 Å². The zero-order valence-electron chi connectivity index (χ0n) is 14.0. The van der Waals surface area contributed by atoms with Gasteiger partial charge in [-0.15, -0.1) is 11.3 Å². The van der Waals surface area contributed by atoms with E-state index in [1.165, 1.54) is 54.0 Å². The molecule has 0 atom stereocenters. The van der Waals surface area contributed by atoms with E-state index in [0.29, 0.717) is 0 Å². The van der Waals surface area contributed by atoms with E-state index < -0.39 is 0 Å². The molecule has 0 aliphatic heterocycles. The van der Waals surface area contributed by atoms with Crippen LogP contribution in [0.5, 0.6) is 0 Å². The Balaban J connectivity index is 2.01. The molecule has 5 rings (SSSR count). The molecule has 0 amide bonds. The summed E-state index contributed by atoms with van der Waals surface area (Å²) in [5.41, 5.74) is 4.10. The lowest BCUT2D eigenvalue weighted by atomic mass is 10.0. The molecule has 0 aliphatic rings. The number of rotatable bonds is 2. The Morgan fingerprint density at radius 2 is 1.71 bits per heavy atom. The van der Waals surface area contributed by atoms with Crippen LogP contribution in [0.2, 0.25) is 0 Å². The van der Waals surface area contributed by atoms with E-state index in [2.05, 4.69) is 73.1 Å². The molecule has 0 spiro atoms. The average molecular weight is 329 g/mol. The Labute approximate surface area is 145 Å². The first-order chi connectivity index (χ1) is 11.8. The fourth-order valence-electron chi connectivity index (χ4n) is 3.97. The van der Waals surface area contributed by atoms with Crippen LogP contribution in [0, 0.1) is 0 Å². The first kappa shape index (κ1) is 14.1. The lowest BCUT2D eigenvalue weighted by molar-refractivity contribution is 0.923. The molecule has 24 heavy (non-hydrogen) atoms. The standard InChI is InChI=1S/C22H19NS/c1-3-6-14-9-11-18-17(13-14)21-19(23(18)2)12-10-16-15-7-4-5-8-20(15)24-22(16)21/h4-5,7-13H,3,6H2,1-2H3. The van der Waals surface area contributed by atoms with Gasteiger partial charge in [0.05, 0.1) is 5.52 Å². The highest BCUT2D eigenvalue weighted by molar-refractivity contribution is 7.26. The van der Waals surface area contributed by atoms with Gasteiger partial charge >= 0.3 is 0 Å². The zero-order valence-corrected chi connectivity index (χ0v) is 14.8. The van der Waals surface area contributed by atoms with Crippen molar-refractivity contribution >= 4 is 53.3 Å². The first-order valence-corrected chi connectivity index (χ1v) is 9.41. The van der Waals surface area contributed by atoms with Crippen LogP contribution in [-0.4, -0.2) is 4.57 Å². The van der Waals surface area contributed by atoms with Crippen LogP contribution in [0.15, 0.2) is 54.6 Å². The smallest absolute Gasteiger partial charge is 0.0503 e. The molecular weight excluding hydrogens is 310 g/mol. The van der Waals surface area contributed by atoms with E-state index in [9.17, 15) is 0 Å². The Morgan fingerprint density at radius 3 is 2.58 bits per heavy atom. The summed E-state index contributed by atoms with van der Waals surface area (Å²) in [6.07, 6.45) is 2.34. The molecule has 0 bridgehead atoms. The van der Waals surface area contributed by atoms with Crippen molar-refractivity contribution in [2.45, 2.75) is 19.8 Å². The van der Waals surface area contributed by atoms with Crippen LogP contribution in [0.4, 0.5) is 0 Å². The predicted molar refractivity (Wildman–Crippen MR) is 107 cm³/mol. The molecule has 2 heterocycles. The number of aryl methyl sites for hydroxylation is 2. The molecule has 5 aromatic rings. The van der Waals surface area contributed by atoms with E-state index in [0.717, 1.165) is 6.42 Å². The van der Waals surface area contributed by atoms with Crippen molar-refractivity contribution in [2.24, 2.45) is 7.05 Å². The average Bonchev–Trinajstić information content (AvgIpc) is 3.11. The summed E-state index contributed by atoms with van der Waals surface area (Å²) in [6, 6.07) is 20.3. The fraction of sp³-hybridized carbons (Fsp3) is 0.182. The number of hydrogen-bond donors (Lipinski definition) is 0. The Hall–Kier alpha value is -2.32. The van der Waals surface area contributed by atoms with Gasteiger partial charge in [-0.25, -0.2) is 0 Å². The topological polar surface area (TPSA) is 4.93 Å². The summed E-state index contributed by atoms with van der Waals surface area (Å²) in [7, 11) is 2.18. The third kappa shape index (κ3) is 1.81. The third-order valence-electron chi connectivity index (χ3n) is 5.12. The number of benzene rings is 3. The number of aromatic nitrogens is 1. The molecule has 3 aromatic carbocycles. The molecular formula is C22H19NS. The Kier molecular flexibility index (Phi) is 2.98. The maximum absolute atomic E-state index is 2.41. The second kappa shape index (κ2) is 5.09. The van der Waals surface area contributed by atoms with Gasteiger partial charge in [0, 0.05) is 43.5 Å². The fourth-order valence-corrected chi connectivity index (χ4v) is 5.23. The number of fused-ring (bicyclic) bond motifs is 7. The second-order valence-electron chi connectivity index (χ2n) is 6.60. The highest BCUT2D eigenvalue weighted by atomic mass is 32.1. The Bertz CT molecular complexity index is 1220. The molecule has 0 unspecified atom stereocenters. The largest absolute Gasteiger partial charge is 0.344 e. The van der Waals surface area contributed by atoms with Crippen molar-refractivity contribution in [1.82, 2.24) is 4.57 Å². The molecule has 0 saturated carbocycles. The molecule has 1 nitrogen and oxygen atoms in total. The summed E-state index contributed by atoms with van der Waals surface area (Å²) in [4.78, 5) is 0. The van der Waals surface area contributed by atoms with Crippen molar-refractivity contribution in [3.05, 3.63) is 60.2 Å². The van der Waals surface area contributed by atoms with Crippen LogP contribution in [0.1, 0.15) is 18.9 Å². The van der Waals surface area contributed by atoms with Crippen molar-refractivity contribution in [1.29, 1.82) is 0 Å². The number of thiophene rings is 1. The minimum absolute atomic E-state index is 1.15. The second-order valence-corrected chi connectivity index (χ2v) is 7.65. The lowest BCUT2D eigenvalue weighted by Gasteiger charge is -2.00. The van der Waals surface area contributed by atoms with Crippen LogP contribution in [0.25, 0.3) is 42.0 Å². The van der Waals surface area contributed by atoms with Gasteiger partial charge in [0.15, 0.2) is 0 Å². The van der Waals surface area contributed by atoms with Crippen molar-refractivity contribution < 1.29 is 0 Å². The van der Waals surface area contributed by atoms with Crippen LogP contribution in [-0.2, 0) is 13.5 Å². The van der Waals surface area contributed by atoms with Crippen molar-refractivity contribution in [3.8, 4) is 0 Å². The summed E-state index contributed by atoms with van der Waals surface area (Å²) in [5.74, 6) is 0. The molecule has 118 valence electrons. The first-order valence-electron chi connectivity index (χ1n) is 8.59. The van der Waals surface area contributed by atoms with E-state index in [-0.39, 0.29) is 0 Å². The summed E-state index contributed by atoms with van der Waals surface area (Å²) >= 11 is 1.93. The van der Waals surface area contributed by atoms with E-state index in [1.54, 1.807) is 0 Å². The van der Waals surface area contributed by atoms with Gasteiger partial charge in [0.25, 0.3) is 0 Å². The van der Waals surface area contributed by atoms with Crippen molar-refractivity contribution in [3.63, 3.8) is 0 Å². The molecule has 0 N–H and O–H groups in total. The quantitative estimate of drug-likeness (QED) is 0.341. The maximum atomic E-state index is 2.41. The van der Waals surface area contributed by atoms with E-state index in [1.807, 2.05) is 11.3 Å². The molecule has 0 saturated heterocycles. The summed E-state index contributed by atoms with van der Waals surface area (Å²) in [6.45, 7) is 2.25. The molecule has 0 fully saturated rings. The normalized spacial score (nSPS) is 12.1. The highest BCUT2D eigenvalue weighted by Crippen LogP contribution is 2.42.